The summed E-state index contributed by atoms with van der Waals surface area (Å²) < 4.78 is 6.96. The van der Waals surface area contributed by atoms with Crippen molar-refractivity contribution in [3.63, 3.8) is 0 Å². The van der Waals surface area contributed by atoms with Crippen molar-refractivity contribution in [3.8, 4) is 11.6 Å². The van der Waals surface area contributed by atoms with Crippen LogP contribution in [0.25, 0.3) is 11.6 Å². The van der Waals surface area contributed by atoms with Crippen molar-refractivity contribution in [3.05, 3.63) is 26.5 Å². The van der Waals surface area contributed by atoms with Crippen LogP contribution in [0.4, 0.5) is 5.82 Å². The minimum absolute atomic E-state index is 0.537. The van der Waals surface area contributed by atoms with Crippen LogP contribution in [-0.2, 0) is 11.5 Å². The van der Waals surface area contributed by atoms with E-state index < -0.39 is 0 Å². The van der Waals surface area contributed by atoms with Gasteiger partial charge in [0.2, 0.25) is 0 Å². The van der Waals surface area contributed by atoms with Gasteiger partial charge < -0.3 is 10.2 Å². The third kappa shape index (κ3) is 2.00. The first kappa shape index (κ1) is 11.6. The smallest absolute Gasteiger partial charge is 0.197 e. The SMILES string of the molecule is Nc1nc(-c2cc(Br)c(Br)o2)nc2c1CSC2. The molecule has 0 spiro atoms. The topological polar surface area (TPSA) is 64.9 Å². The third-order valence-corrected chi connectivity index (χ3v) is 5.16. The fraction of sp³-hybridized carbons (Fsp3) is 0.200. The molecule has 0 unspecified atom stereocenters. The van der Waals surface area contributed by atoms with Crippen LogP contribution < -0.4 is 5.73 Å². The lowest BCUT2D eigenvalue weighted by atomic mass is 10.2. The van der Waals surface area contributed by atoms with Gasteiger partial charge in [-0.25, -0.2) is 9.97 Å². The van der Waals surface area contributed by atoms with E-state index in [9.17, 15) is 0 Å². The van der Waals surface area contributed by atoms with Crippen LogP contribution in [0, 0.1) is 0 Å². The number of rotatable bonds is 1. The van der Waals surface area contributed by atoms with Gasteiger partial charge in [-0.05, 0) is 31.9 Å². The summed E-state index contributed by atoms with van der Waals surface area (Å²) in [5, 5.41) is 0. The fourth-order valence-corrected chi connectivity index (χ4v) is 3.27. The van der Waals surface area contributed by atoms with Crippen molar-refractivity contribution in [2.75, 3.05) is 5.73 Å². The summed E-state index contributed by atoms with van der Waals surface area (Å²) in [6.07, 6.45) is 0. The summed E-state index contributed by atoms with van der Waals surface area (Å²) in [6, 6.07) is 1.83. The Morgan fingerprint density at radius 3 is 2.82 bits per heavy atom. The maximum atomic E-state index is 5.93. The molecule has 1 aliphatic rings. The molecule has 0 fully saturated rings. The molecular formula is C10H7Br2N3OS. The van der Waals surface area contributed by atoms with Crippen molar-refractivity contribution in [1.29, 1.82) is 0 Å². The van der Waals surface area contributed by atoms with Gasteiger partial charge in [0.15, 0.2) is 16.3 Å². The number of nitrogens with zero attached hydrogens (tertiary/aromatic N) is 2. The van der Waals surface area contributed by atoms with Crippen LogP contribution in [0.1, 0.15) is 11.3 Å². The van der Waals surface area contributed by atoms with Crippen LogP contribution >= 0.6 is 43.6 Å². The second-order valence-electron chi connectivity index (χ2n) is 3.58. The number of furan rings is 1. The van der Waals surface area contributed by atoms with Gasteiger partial charge >= 0.3 is 0 Å². The zero-order chi connectivity index (χ0) is 12.0. The quantitative estimate of drug-likeness (QED) is 0.823. The van der Waals surface area contributed by atoms with Crippen molar-refractivity contribution in [1.82, 2.24) is 9.97 Å². The summed E-state index contributed by atoms with van der Waals surface area (Å²) in [5.74, 6) is 3.48. The molecular weight excluding hydrogens is 370 g/mol. The third-order valence-electron chi connectivity index (χ3n) is 2.48. The minimum Gasteiger partial charge on any atom is -0.445 e. The van der Waals surface area contributed by atoms with Crippen molar-refractivity contribution >= 4 is 49.4 Å². The van der Waals surface area contributed by atoms with Crippen LogP contribution in [-0.4, -0.2) is 9.97 Å². The zero-order valence-electron chi connectivity index (χ0n) is 8.54. The Morgan fingerprint density at radius 2 is 2.12 bits per heavy atom. The number of anilines is 1. The van der Waals surface area contributed by atoms with Crippen LogP contribution in [0.2, 0.25) is 0 Å². The average Bonchev–Trinajstić information content (AvgIpc) is 2.87. The predicted octanol–water partition coefficient (Wildman–Crippen LogP) is 3.59. The summed E-state index contributed by atoms with van der Waals surface area (Å²) in [7, 11) is 0. The number of nitrogen functional groups attached to an aromatic ring is 1. The highest BCUT2D eigenvalue weighted by Gasteiger charge is 2.20. The Kier molecular flexibility index (Phi) is 2.92. The van der Waals surface area contributed by atoms with E-state index >= 15 is 0 Å². The zero-order valence-corrected chi connectivity index (χ0v) is 12.5. The molecule has 0 atom stereocenters. The van der Waals surface area contributed by atoms with Crippen molar-refractivity contribution in [2.24, 2.45) is 0 Å². The molecule has 2 aromatic rings. The Bertz CT molecular complexity index is 580. The lowest BCUT2D eigenvalue weighted by Gasteiger charge is -2.03. The fourth-order valence-electron chi connectivity index (χ4n) is 1.64. The number of thioether (sulfide) groups is 1. The number of nitrogens with two attached hydrogens (primary N) is 1. The summed E-state index contributed by atoms with van der Waals surface area (Å²) >= 11 is 8.45. The van der Waals surface area contributed by atoms with E-state index in [-0.39, 0.29) is 0 Å². The van der Waals surface area contributed by atoms with Gasteiger partial charge in [0.1, 0.15) is 5.82 Å². The first-order valence-corrected chi connectivity index (χ1v) is 7.57. The van der Waals surface area contributed by atoms with Gasteiger partial charge in [-0.1, -0.05) is 0 Å². The van der Waals surface area contributed by atoms with Crippen LogP contribution in [0.15, 0.2) is 19.6 Å². The Morgan fingerprint density at radius 1 is 1.29 bits per heavy atom. The minimum atomic E-state index is 0.537. The van der Waals surface area contributed by atoms with Crippen LogP contribution in [0.5, 0.6) is 0 Å². The van der Waals surface area contributed by atoms with E-state index in [1.54, 1.807) is 11.8 Å². The van der Waals surface area contributed by atoms with E-state index in [1.807, 2.05) is 6.07 Å². The second kappa shape index (κ2) is 4.29. The van der Waals surface area contributed by atoms with Crippen molar-refractivity contribution < 1.29 is 4.42 Å². The van der Waals surface area contributed by atoms with E-state index in [4.69, 9.17) is 10.2 Å². The summed E-state index contributed by atoms with van der Waals surface area (Å²) in [6.45, 7) is 0. The molecule has 0 bridgehead atoms. The molecule has 1 aliphatic heterocycles. The number of fused-ring (bicyclic) bond motifs is 1. The molecule has 88 valence electrons. The molecule has 2 aromatic heterocycles. The average molecular weight is 377 g/mol. The molecule has 0 saturated heterocycles. The largest absolute Gasteiger partial charge is 0.445 e. The lowest BCUT2D eigenvalue weighted by molar-refractivity contribution is 0.549. The van der Waals surface area contributed by atoms with E-state index in [1.165, 1.54) is 0 Å². The molecule has 0 amide bonds. The van der Waals surface area contributed by atoms with E-state index in [2.05, 4.69) is 41.8 Å². The Balaban J connectivity index is 2.13. The van der Waals surface area contributed by atoms with E-state index in [0.717, 1.165) is 27.2 Å². The Labute approximate surface area is 119 Å². The molecule has 7 heteroatoms. The number of halogens is 2. The van der Waals surface area contributed by atoms with Crippen molar-refractivity contribution in [2.45, 2.75) is 11.5 Å². The van der Waals surface area contributed by atoms with Gasteiger partial charge in [0.25, 0.3) is 0 Å². The maximum absolute atomic E-state index is 5.93. The highest BCUT2D eigenvalue weighted by molar-refractivity contribution is 9.13. The highest BCUT2D eigenvalue weighted by atomic mass is 79.9. The molecule has 0 aliphatic carbocycles. The van der Waals surface area contributed by atoms with Gasteiger partial charge in [0, 0.05) is 23.1 Å². The second-order valence-corrected chi connectivity index (χ2v) is 6.14. The number of aromatic nitrogens is 2. The molecule has 3 rings (SSSR count). The Hall–Kier alpha value is -0.530. The lowest BCUT2D eigenvalue weighted by Crippen LogP contribution is -2.02. The van der Waals surface area contributed by atoms with E-state index in [0.29, 0.717) is 22.1 Å². The molecule has 2 N–H and O–H groups in total. The molecule has 4 nitrogen and oxygen atoms in total. The van der Waals surface area contributed by atoms with Gasteiger partial charge in [-0.2, -0.15) is 11.8 Å². The molecule has 0 radical (unpaired) electrons. The molecule has 0 saturated carbocycles. The first-order valence-electron chi connectivity index (χ1n) is 4.83. The van der Waals surface area contributed by atoms with Gasteiger partial charge in [-0.15, -0.1) is 0 Å². The van der Waals surface area contributed by atoms with Gasteiger partial charge in [-0.3, -0.25) is 0 Å². The summed E-state index contributed by atoms with van der Waals surface area (Å²) in [4.78, 5) is 8.78. The molecule has 17 heavy (non-hydrogen) atoms. The predicted molar refractivity (Wildman–Crippen MR) is 74.5 cm³/mol. The molecule has 3 heterocycles. The highest BCUT2D eigenvalue weighted by Crippen LogP contribution is 2.35. The standard InChI is InChI=1S/C10H7Br2N3OS/c11-5-1-7(16-8(5)12)10-14-6-3-17-2-4(6)9(13)15-10/h1H,2-3H2,(H2,13,14,15). The van der Waals surface area contributed by atoms with Crippen LogP contribution in [0.3, 0.4) is 0 Å². The maximum Gasteiger partial charge on any atom is 0.197 e. The van der Waals surface area contributed by atoms with Gasteiger partial charge in [0.05, 0.1) is 10.2 Å². The number of hydrogen-bond acceptors (Lipinski definition) is 5. The normalized spacial score (nSPS) is 14.0. The molecule has 0 aromatic carbocycles. The monoisotopic (exact) mass is 375 g/mol. The first-order chi connectivity index (χ1) is 8.15. The summed E-state index contributed by atoms with van der Waals surface area (Å²) in [5.41, 5.74) is 8.00. The number of hydrogen-bond donors (Lipinski definition) is 1.